The lowest BCUT2D eigenvalue weighted by atomic mass is 10.0. The maximum Gasteiger partial charge on any atom is 0.326 e. The number of carboxylic acids is 1. The van der Waals surface area contributed by atoms with Crippen LogP contribution in [0.4, 0.5) is 0 Å². The normalized spacial score (nSPS) is 18.3. The number of carbonyl (C=O) groups is 2. The molecule has 1 fully saturated rings. The van der Waals surface area contributed by atoms with Crippen LogP contribution in [-0.4, -0.2) is 34.5 Å². The van der Waals surface area contributed by atoms with Gasteiger partial charge in [-0.1, -0.05) is 24.1 Å². The third kappa shape index (κ3) is 3.35. The molecule has 0 saturated carbocycles. The molecular weight excluding hydrogens is 242 g/mol. The molecule has 1 aliphatic rings. The van der Waals surface area contributed by atoms with E-state index in [0.29, 0.717) is 13.0 Å². The molecule has 0 spiro atoms. The maximum absolute atomic E-state index is 12.0. The number of aliphatic carboxylic acids is 1. The zero-order chi connectivity index (χ0) is 13.7. The Morgan fingerprint density at radius 2 is 1.95 bits per heavy atom. The quantitative estimate of drug-likeness (QED) is 0.776. The first-order chi connectivity index (χ1) is 9.18. The van der Waals surface area contributed by atoms with Gasteiger partial charge in [-0.15, -0.1) is 0 Å². The Balaban J connectivity index is 2.10. The second-order valence-corrected chi connectivity index (χ2v) is 4.46. The number of hydrogen-bond acceptors (Lipinski definition) is 2. The Labute approximate surface area is 112 Å². The molecule has 4 nitrogen and oxygen atoms in total. The van der Waals surface area contributed by atoms with Gasteiger partial charge in [0.1, 0.15) is 6.04 Å². The van der Waals surface area contributed by atoms with Crippen LogP contribution in [-0.2, 0) is 9.59 Å². The molecule has 1 amide bonds. The number of piperidine rings is 1. The summed E-state index contributed by atoms with van der Waals surface area (Å²) in [5.74, 6) is 3.94. The van der Waals surface area contributed by atoms with Gasteiger partial charge in [0, 0.05) is 18.0 Å². The number of benzene rings is 1. The minimum Gasteiger partial charge on any atom is -0.480 e. The first kappa shape index (κ1) is 13.2. The molecule has 0 aromatic heterocycles. The zero-order valence-electron chi connectivity index (χ0n) is 10.5. The van der Waals surface area contributed by atoms with Gasteiger partial charge in [0.15, 0.2) is 0 Å². The summed E-state index contributed by atoms with van der Waals surface area (Å²) < 4.78 is 0. The number of hydrogen-bond donors (Lipinski definition) is 1. The van der Waals surface area contributed by atoms with Crippen molar-refractivity contribution < 1.29 is 14.7 Å². The van der Waals surface area contributed by atoms with E-state index in [-0.39, 0.29) is 0 Å². The molecule has 0 aliphatic carbocycles. The van der Waals surface area contributed by atoms with Crippen molar-refractivity contribution in [3.8, 4) is 11.8 Å². The van der Waals surface area contributed by atoms with E-state index in [2.05, 4.69) is 11.8 Å². The van der Waals surface area contributed by atoms with Crippen molar-refractivity contribution in [3.63, 3.8) is 0 Å². The average Bonchev–Trinajstić information content (AvgIpc) is 2.46. The number of carbonyl (C=O) groups excluding carboxylic acids is 1. The lowest BCUT2D eigenvalue weighted by molar-refractivity contribution is -0.149. The second kappa shape index (κ2) is 6.05. The van der Waals surface area contributed by atoms with Crippen LogP contribution in [0.3, 0.4) is 0 Å². The molecule has 98 valence electrons. The molecule has 19 heavy (non-hydrogen) atoms. The molecule has 1 heterocycles. The predicted octanol–water partition coefficient (Wildman–Crippen LogP) is 1.50. The van der Waals surface area contributed by atoms with Crippen LogP contribution in [0.2, 0.25) is 0 Å². The number of rotatable bonds is 1. The summed E-state index contributed by atoms with van der Waals surface area (Å²) in [4.78, 5) is 24.4. The zero-order valence-corrected chi connectivity index (χ0v) is 10.5. The van der Waals surface area contributed by atoms with Crippen LogP contribution in [0.25, 0.3) is 0 Å². The van der Waals surface area contributed by atoms with E-state index < -0.39 is 17.9 Å². The van der Waals surface area contributed by atoms with E-state index in [0.717, 1.165) is 18.4 Å². The van der Waals surface area contributed by atoms with Crippen LogP contribution in [0.5, 0.6) is 0 Å². The summed E-state index contributed by atoms with van der Waals surface area (Å²) in [7, 11) is 0. The number of likely N-dealkylation sites (tertiary alicyclic amines) is 1. The predicted molar refractivity (Wildman–Crippen MR) is 70.3 cm³/mol. The molecule has 1 aromatic carbocycles. The average molecular weight is 257 g/mol. The first-order valence-electron chi connectivity index (χ1n) is 6.29. The van der Waals surface area contributed by atoms with Crippen LogP contribution < -0.4 is 0 Å². The third-order valence-electron chi connectivity index (χ3n) is 3.14. The molecule has 1 saturated heterocycles. The lowest BCUT2D eigenvalue weighted by Crippen LogP contribution is -2.47. The van der Waals surface area contributed by atoms with Gasteiger partial charge in [-0.3, -0.25) is 4.79 Å². The van der Waals surface area contributed by atoms with Crippen LogP contribution in [0.15, 0.2) is 30.3 Å². The molecule has 1 atom stereocenters. The fourth-order valence-electron chi connectivity index (χ4n) is 2.15. The Hall–Kier alpha value is -2.28. The summed E-state index contributed by atoms with van der Waals surface area (Å²) in [6.07, 6.45) is 2.18. The highest BCUT2D eigenvalue weighted by Gasteiger charge is 2.31. The van der Waals surface area contributed by atoms with E-state index in [9.17, 15) is 9.59 Å². The van der Waals surface area contributed by atoms with Gasteiger partial charge in [0.25, 0.3) is 5.91 Å². The summed E-state index contributed by atoms with van der Waals surface area (Å²) in [6.45, 7) is 0.471. The fraction of sp³-hybridized carbons (Fsp3) is 0.333. The number of nitrogens with zero attached hydrogens (tertiary/aromatic N) is 1. The monoisotopic (exact) mass is 257 g/mol. The molecule has 1 N–H and O–H groups in total. The molecule has 0 bridgehead atoms. The Morgan fingerprint density at radius 1 is 1.21 bits per heavy atom. The van der Waals surface area contributed by atoms with Gasteiger partial charge in [0.05, 0.1) is 0 Å². The number of amides is 1. The third-order valence-corrected chi connectivity index (χ3v) is 3.14. The van der Waals surface area contributed by atoms with Crippen molar-refractivity contribution in [2.45, 2.75) is 25.3 Å². The summed E-state index contributed by atoms with van der Waals surface area (Å²) in [5, 5.41) is 9.10. The molecular formula is C15H15NO3. The lowest BCUT2D eigenvalue weighted by Gasteiger charge is -2.31. The van der Waals surface area contributed by atoms with Crippen molar-refractivity contribution in [2.24, 2.45) is 0 Å². The summed E-state index contributed by atoms with van der Waals surface area (Å²) in [6, 6.07) is 8.45. The minimum absolute atomic E-state index is 0.407. The smallest absolute Gasteiger partial charge is 0.326 e. The Morgan fingerprint density at radius 3 is 2.63 bits per heavy atom. The van der Waals surface area contributed by atoms with Gasteiger partial charge in [-0.05, 0) is 31.4 Å². The highest BCUT2D eigenvalue weighted by molar-refractivity contribution is 5.96. The van der Waals surface area contributed by atoms with E-state index in [1.165, 1.54) is 4.90 Å². The second-order valence-electron chi connectivity index (χ2n) is 4.46. The van der Waals surface area contributed by atoms with Gasteiger partial charge in [-0.25, -0.2) is 4.79 Å². The van der Waals surface area contributed by atoms with Crippen molar-refractivity contribution in [1.29, 1.82) is 0 Å². The highest BCUT2D eigenvalue weighted by Crippen LogP contribution is 2.17. The molecule has 2 rings (SSSR count). The van der Waals surface area contributed by atoms with Crippen molar-refractivity contribution in [1.82, 2.24) is 4.90 Å². The van der Waals surface area contributed by atoms with Crippen LogP contribution >= 0.6 is 0 Å². The largest absolute Gasteiger partial charge is 0.480 e. The highest BCUT2D eigenvalue weighted by atomic mass is 16.4. The molecule has 1 aromatic rings. The SMILES string of the molecule is O=C(O)C1CCCCN1C(=O)C#Cc1ccccc1. The van der Waals surface area contributed by atoms with Crippen molar-refractivity contribution in [2.75, 3.05) is 6.54 Å². The van der Waals surface area contributed by atoms with E-state index in [4.69, 9.17) is 5.11 Å². The van der Waals surface area contributed by atoms with Gasteiger partial charge in [0.2, 0.25) is 0 Å². The standard InChI is InChI=1S/C15H15NO3/c17-14(10-9-12-6-2-1-3-7-12)16-11-5-4-8-13(16)15(18)19/h1-3,6-7,13H,4-5,8,11H2,(H,18,19). The molecule has 1 unspecified atom stereocenters. The van der Waals surface area contributed by atoms with E-state index >= 15 is 0 Å². The van der Waals surface area contributed by atoms with E-state index in [1.807, 2.05) is 30.3 Å². The van der Waals surface area contributed by atoms with Crippen molar-refractivity contribution >= 4 is 11.9 Å². The van der Waals surface area contributed by atoms with Gasteiger partial charge < -0.3 is 10.0 Å². The molecule has 0 radical (unpaired) electrons. The van der Waals surface area contributed by atoms with E-state index in [1.54, 1.807) is 0 Å². The Kier molecular flexibility index (Phi) is 4.19. The molecule has 1 aliphatic heterocycles. The fourth-order valence-corrected chi connectivity index (χ4v) is 2.15. The summed E-state index contributed by atoms with van der Waals surface area (Å²) >= 11 is 0. The maximum atomic E-state index is 12.0. The Bertz CT molecular complexity index is 527. The topological polar surface area (TPSA) is 57.6 Å². The molecule has 4 heteroatoms. The van der Waals surface area contributed by atoms with Crippen molar-refractivity contribution in [3.05, 3.63) is 35.9 Å². The minimum atomic E-state index is -0.949. The number of carboxylic acid groups (broad SMARTS) is 1. The first-order valence-corrected chi connectivity index (χ1v) is 6.29. The van der Waals surface area contributed by atoms with Crippen LogP contribution in [0, 0.1) is 11.8 Å². The van der Waals surface area contributed by atoms with Gasteiger partial charge >= 0.3 is 5.97 Å². The van der Waals surface area contributed by atoms with Crippen LogP contribution in [0.1, 0.15) is 24.8 Å². The van der Waals surface area contributed by atoms with Gasteiger partial charge in [-0.2, -0.15) is 0 Å². The summed E-state index contributed by atoms with van der Waals surface area (Å²) in [5.41, 5.74) is 0.750.